The Balaban J connectivity index is 0.00000274. The normalized spacial score (nSPS) is 13.9. The van der Waals surface area contributed by atoms with E-state index in [0.717, 1.165) is 17.0 Å². The van der Waals surface area contributed by atoms with Crippen molar-refractivity contribution in [3.63, 3.8) is 0 Å². The molecule has 0 atom stereocenters. The molecule has 2 heterocycles. The first-order valence-electron chi connectivity index (χ1n) is 11.8. The van der Waals surface area contributed by atoms with Crippen LogP contribution in [0.2, 0.25) is 20.4 Å². The van der Waals surface area contributed by atoms with E-state index in [4.69, 9.17) is 87.0 Å². The molecule has 0 spiro atoms. The molecular weight excluding hydrogens is 525 g/mol. The van der Waals surface area contributed by atoms with Gasteiger partial charge in [0.05, 0.1) is 82.2 Å². The topological polar surface area (TPSA) is 71.5 Å². The maximum atomic E-state index is 13.6. The van der Waals surface area contributed by atoms with E-state index in [-0.39, 0.29) is 34.5 Å². The molecular formula is C22H17B9ClF2N3O3. The number of anilines is 2. The van der Waals surface area contributed by atoms with Crippen LogP contribution >= 0.6 is 11.6 Å². The molecule has 3 rings (SSSR count). The number of aromatic nitrogens is 1. The fourth-order valence-corrected chi connectivity index (χ4v) is 4.44. The molecule has 0 aliphatic carbocycles. The van der Waals surface area contributed by atoms with E-state index in [2.05, 4.69) is 10.3 Å². The van der Waals surface area contributed by atoms with Gasteiger partial charge >= 0.3 is 0 Å². The molecule has 1 aromatic heterocycles. The number of benzene rings is 1. The number of pyridine rings is 1. The average Bonchev–Trinajstić information content (AvgIpc) is 2.78. The summed E-state index contributed by atoms with van der Waals surface area (Å²) in [5.74, 6) is -3.52. The molecule has 1 aliphatic rings. The highest BCUT2D eigenvalue weighted by atomic mass is 35.5. The number of ether oxygens (including phenoxy) is 1. The number of rotatable bonds is 8. The third-order valence-electron chi connectivity index (χ3n) is 6.01. The number of hydrogen-bond acceptors (Lipinski definition) is 4. The summed E-state index contributed by atoms with van der Waals surface area (Å²) < 4.78 is 32.6. The van der Waals surface area contributed by atoms with Gasteiger partial charge in [-0.1, -0.05) is 30.9 Å². The summed E-state index contributed by atoms with van der Waals surface area (Å²) in [5.41, 5.74) is -2.18. The number of nitrogens with one attached hydrogen (secondary N) is 1. The molecule has 0 saturated heterocycles. The van der Waals surface area contributed by atoms with Crippen LogP contribution in [0.25, 0.3) is 0 Å². The van der Waals surface area contributed by atoms with E-state index >= 15 is 0 Å². The first-order chi connectivity index (χ1) is 18.3. The molecule has 18 heteroatoms. The van der Waals surface area contributed by atoms with Crippen LogP contribution in [0.4, 0.5) is 20.3 Å². The lowest BCUT2D eigenvalue weighted by Gasteiger charge is -2.65. The lowest BCUT2D eigenvalue weighted by molar-refractivity contribution is -0.121. The van der Waals surface area contributed by atoms with E-state index in [0.29, 0.717) is 6.07 Å². The minimum atomic E-state index is -2.46. The van der Waals surface area contributed by atoms with Gasteiger partial charge < -0.3 is 15.0 Å². The van der Waals surface area contributed by atoms with Crippen LogP contribution in [-0.2, 0) is 16.1 Å². The zero-order chi connectivity index (χ0) is 30.8. The van der Waals surface area contributed by atoms with Gasteiger partial charge in [0.25, 0.3) is 5.91 Å². The van der Waals surface area contributed by atoms with Crippen molar-refractivity contribution in [2.45, 2.75) is 42.2 Å². The van der Waals surface area contributed by atoms with E-state index in [1.807, 2.05) is 13.8 Å². The van der Waals surface area contributed by atoms with E-state index in [1.54, 1.807) is 0 Å². The van der Waals surface area contributed by atoms with Gasteiger partial charge in [0.2, 0.25) is 11.8 Å². The lowest BCUT2D eigenvalue weighted by atomic mass is 9.09. The van der Waals surface area contributed by atoms with Crippen molar-refractivity contribution >= 4 is 106 Å². The van der Waals surface area contributed by atoms with Gasteiger partial charge in [0.15, 0.2) is 12.4 Å². The summed E-state index contributed by atoms with van der Waals surface area (Å²) in [6.07, 6.45) is -0.894. The predicted octanol–water partition coefficient (Wildman–Crippen LogP) is 1.02. The second kappa shape index (κ2) is 12.4. The molecule has 0 fully saturated rings. The van der Waals surface area contributed by atoms with Gasteiger partial charge in [0.1, 0.15) is 17.3 Å². The average molecular weight is 542 g/mol. The standard InChI is InChI=1S/C20H11B9ClF2N3O3.C2H6/c21-18(22,23)17(19(24,25)26,20(27,28)29)5-13(36)33-15-11(30)4-12-16(34-15)38-7-14(37)35(12)6-8-1-9(31)3-10(32)2-8;1-2/h1-4H,5-7H2,(H,33,34,36);1-2H3. The van der Waals surface area contributed by atoms with Gasteiger partial charge in [-0.2, -0.15) is 4.98 Å². The zero-order valence-electron chi connectivity index (χ0n) is 21.9. The summed E-state index contributed by atoms with van der Waals surface area (Å²) in [6, 6.07) is 4.06. The third-order valence-corrected chi connectivity index (χ3v) is 6.30. The van der Waals surface area contributed by atoms with Crippen molar-refractivity contribution in [1.29, 1.82) is 0 Å². The van der Waals surface area contributed by atoms with Crippen molar-refractivity contribution in [3.8, 4) is 5.88 Å². The molecule has 0 bridgehead atoms. The quantitative estimate of drug-likeness (QED) is 0.507. The van der Waals surface area contributed by atoms with Crippen molar-refractivity contribution in [3.05, 3.63) is 46.5 Å². The highest BCUT2D eigenvalue weighted by molar-refractivity contribution is 6.69. The highest BCUT2D eigenvalue weighted by Gasteiger charge is 2.54. The largest absolute Gasteiger partial charge is 0.466 e. The molecule has 2 aromatic rings. The number of fused-ring (bicyclic) bond motifs is 1. The Bertz CT molecular complexity index is 1210. The summed E-state index contributed by atoms with van der Waals surface area (Å²) in [7, 11) is 52.3. The Hall–Kier alpha value is -2.16. The number of amides is 2. The van der Waals surface area contributed by atoms with Crippen LogP contribution in [0.15, 0.2) is 24.3 Å². The number of nitrogens with zero attached hydrogens (tertiary/aromatic N) is 2. The lowest BCUT2D eigenvalue weighted by Crippen LogP contribution is -2.58. The molecule has 1 N–H and O–H groups in total. The fourth-order valence-electron chi connectivity index (χ4n) is 4.25. The predicted molar refractivity (Wildman–Crippen MR) is 159 cm³/mol. The summed E-state index contributed by atoms with van der Waals surface area (Å²) in [5, 5.41) is -5.21. The SMILES string of the molecule is CC.[B]C([B])([B])C(CC(=O)Nc1nc2c(cc1Cl)N(Cc1cc(F)cc(F)c1)C(=O)CO2)(C([B])([B])[B])C([B])([B])[B]. The molecule has 40 heavy (non-hydrogen) atoms. The summed E-state index contributed by atoms with van der Waals surface area (Å²) in [4.78, 5) is 30.8. The van der Waals surface area contributed by atoms with Gasteiger partial charge in [-0.15, -0.1) is 15.3 Å². The smallest absolute Gasteiger partial charge is 0.265 e. The molecule has 1 aromatic carbocycles. The first-order valence-corrected chi connectivity index (χ1v) is 12.1. The van der Waals surface area contributed by atoms with E-state index < -0.39 is 57.2 Å². The third kappa shape index (κ3) is 7.00. The Morgan fingerprint density at radius 2 is 1.48 bits per heavy atom. The van der Waals surface area contributed by atoms with Gasteiger partial charge in [-0.05, 0) is 23.8 Å². The van der Waals surface area contributed by atoms with Crippen LogP contribution in [0.1, 0.15) is 25.8 Å². The number of hydrogen-bond donors (Lipinski definition) is 1. The van der Waals surface area contributed by atoms with Crippen molar-refractivity contribution < 1.29 is 23.1 Å². The summed E-state index contributed by atoms with van der Waals surface area (Å²) >= 11 is 6.30. The van der Waals surface area contributed by atoms with Crippen LogP contribution in [0.3, 0.4) is 0 Å². The van der Waals surface area contributed by atoms with Crippen molar-refractivity contribution in [1.82, 2.24) is 4.98 Å². The van der Waals surface area contributed by atoms with Gasteiger partial charge in [-0.25, -0.2) is 8.78 Å². The van der Waals surface area contributed by atoms with Crippen LogP contribution in [0.5, 0.6) is 5.88 Å². The van der Waals surface area contributed by atoms with E-state index in [1.165, 1.54) is 6.07 Å². The number of halogens is 3. The molecule has 6 nitrogen and oxygen atoms in total. The Morgan fingerprint density at radius 3 is 1.95 bits per heavy atom. The fraction of sp³-hybridized carbons (Fsp3) is 0.409. The molecule has 186 valence electrons. The molecule has 18 radical (unpaired) electrons. The zero-order valence-corrected chi connectivity index (χ0v) is 22.6. The molecule has 0 unspecified atom stereocenters. The molecule has 2 amide bonds. The second-order valence-electron chi connectivity index (χ2n) is 9.12. The van der Waals surface area contributed by atoms with Crippen molar-refractivity contribution in [2.24, 2.45) is 5.41 Å². The van der Waals surface area contributed by atoms with Crippen LogP contribution in [0, 0.1) is 17.0 Å². The minimum Gasteiger partial charge on any atom is -0.466 e. The van der Waals surface area contributed by atoms with Crippen LogP contribution < -0.4 is 15.0 Å². The second-order valence-corrected chi connectivity index (χ2v) is 9.53. The first kappa shape index (κ1) is 34.0. The van der Waals surface area contributed by atoms with Gasteiger partial charge in [0, 0.05) is 12.5 Å². The Labute approximate surface area is 249 Å². The number of carbonyl (C=O) groups excluding carboxylic acids is 2. The van der Waals surface area contributed by atoms with Crippen molar-refractivity contribution in [2.75, 3.05) is 16.8 Å². The Kier molecular flexibility index (Phi) is 10.5. The maximum absolute atomic E-state index is 13.6. The summed E-state index contributed by atoms with van der Waals surface area (Å²) in [6.45, 7) is 3.32. The molecule has 1 aliphatic heterocycles. The maximum Gasteiger partial charge on any atom is 0.265 e. The van der Waals surface area contributed by atoms with Crippen LogP contribution in [-0.4, -0.2) is 94.0 Å². The van der Waals surface area contributed by atoms with Gasteiger partial charge in [-0.3, -0.25) is 9.59 Å². The monoisotopic (exact) mass is 543 g/mol. The highest BCUT2D eigenvalue weighted by Crippen LogP contribution is 2.63. The number of carbonyl (C=O) groups is 2. The molecule has 0 saturated carbocycles. The Morgan fingerprint density at radius 1 is 0.975 bits per heavy atom. The van der Waals surface area contributed by atoms with E-state index in [9.17, 15) is 18.4 Å². The minimum absolute atomic E-state index is 0.0722.